The summed E-state index contributed by atoms with van der Waals surface area (Å²) in [4.78, 5) is 13.4. The van der Waals surface area contributed by atoms with Crippen molar-refractivity contribution in [2.24, 2.45) is 0 Å². The van der Waals surface area contributed by atoms with Crippen LogP contribution in [0.25, 0.3) is 0 Å². The van der Waals surface area contributed by atoms with Gasteiger partial charge in [-0.25, -0.2) is 4.39 Å². The van der Waals surface area contributed by atoms with E-state index in [2.05, 4.69) is 0 Å². The molecule has 92 valence electrons. The molecule has 0 aromatic heterocycles. The smallest absolute Gasteiger partial charge is 0.257 e. The average molecular weight is 237 g/mol. The maximum absolute atomic E-state index is 13.6. The van der Waals surface area contributed by atoms with Crippen LogP contribution < -0.4 is 0 Å². The lowest BCUT2D eigenvalue weighted by atomic mass is 9.90. The molecule has 0 aliphatic carbocycles. The van der Waals surface area contributed by atoms with Gasteiger partial charge in [0.25, 0.3) is 5.91 Å². The van der Waals surface area contributed by atoms with E-state index in [1.807, 2.05) is 6.92 Å². The van der Waals surface area contributed by atoms with Gasteiger partial charge >= 0.3 is 0 Å². The largest absolute Gasteiger partial charge is 0.386 e. The predicted octanol–water partition coefficient (Wildman–Crippen LogP) is 1.73. The van der Waals surface area contributed by atoms with Crippen LogP contribution in [0.3, 0.4) is 0 Å². The molecule has 1 aromatic carbocycles. The van der Waals surface area contributed by atoms with Crippen LogP contribution in [-0.2, 0) is 0 Å². The maximum Gasteiger partial charge on any atom is 0.257 e. The molecule has 0 unspecified atom stereocenters. The van der Waals surface area contributed by atoms with Crippen LogP contribution in [0.1, 0.15) is 29.3 Å². The summed E-state index contributed by atoms with van der Waals surface area (Å²) in [7, 11) is 0. The highest BCUT2D eigenvalue weighted by atomic mass is 19.1. The number of β-amino-alcohol motifs (C(OH)–C–C–N with tert-alkyl or cyclic N) is 1. The van der Waals surface area contributed by atoms with E-state index in [0.717, 1.165) is 5.56 Å². The van der Waals surface area contributed by atoms with Gasteiger partial charge in [0, 0.05) is 0 Å². The average Bonchev–Trinajstić information content (AvgIpc) is 2.24. The number of halogens is 1. The molecule has 1 N–H and O–H groups in total. The highest BCUT2D eigenvalue weighted by Crippen LogP contribution is 2.26. The van der Waals surface area contributed by atoms with E-state index in [9.17, 15) is 14.3 Å². The van der Waals surface area contributed by atoms with Gasteiger partial charge in [-0.1, -0.05) is 13.0 Å². The molecule has 0 radical (unpaired) electrons. The molecule has 0 bridgehead atoms. The van der Waals surface area contributed by atoms with Crippen molar-refractivity contribution in [2.75, 3.05) is 13.1 Å². The molecule has 1 heterocycles. The van der Waals surface area contributed by atoms with Gasteiger partial charge in [0.05, 0.1) is 24.3 Å². The minimum atomic E-state index is -0.781. The van der Waals surface area contributed by atoms with E-state index in [0.29, 0.717) is 6.42 Å². The number of rotatable bonds is 2. The first-order chi connectivity index (χ1) is 7.95. The summed E-state index contributed by atoms with van der Waals surface area (Å²) in [5.41, 5.74) is 0.0816. The van der Waals surface area contributed by atoms with Crippen LogP contribution >= 0.6 is 0 Å². The van der Waals surface area contributed by atoms with Crippen LogP contribution in [-0.4, -0.2) is 34.6 Å². The van der Waals surface area contributed by atoms with Crippen molar-refractivity contribution in [2.45, 2.75) is 25.9 Å². The molecule has 1 aliphatic heterocycles. The van der Waals surface area contributed by atoms with Crippen molar-refractivity contribution in [3.63, 3.8) is 0 Å². The zero-order chi connectivity index (χ0) is 12.6. The summed E-state index contributed by atoms with van der Waals surface area (Å²) in [5, 5.41) is 9.81. The third-order valence-electron chi connectivity index (χ3n) is 3.27. The molecular formula is C13H16FNO2. The topological polar surface area (TPSA) is 40.5 Å². The van der Waals surface area contributed by atoms with Crippen molar-refractivity contribution in [3.8, 4) is 0 Å². The number of amides is 1. The number of hydrogen-bond acceptors (Lipinski definition) is 2. The number of nitrogens with zero attached hydrogens (tertiary/aromatic N) is 1. The van der Waals surface area contributed by atoms with Gasteiger partial charge in [-0.2, -0.15) is 0 Å². The third-order valence-corrected chi connectivity index (χ3v) is 3.27. The number of likely N-dealkylation sites (tertiary alicyclic amines) is 1. The highest BCUT2D eigenvalue weighted by molar-refractivity contribution is 5.95. The monoisotopic (exact) mass is 237 g/mol. The Balaban J connectivity index is 2.12. The maximum atomic E-state index is 13.6. The SMILES string of the molecule is CCC1(O)CN(C(=O)c2ccc(C)cc2F)C1. The van der Waals surface area contributed by atoms with Gasteiger partial charge in [0.15, 0.2) is 0 Å². The molecule has 0 atom stereocenters. The van der Waals surface area contributed by atoms with E-state index in [-0.39, 0.29) is 24.6 Å². The molecule has 17 heavy (non-hydrogen) atoms. The van der Waals surface area contributed by atoms with Gasteiger partial charge in [0.2, 0.25) is 0 Å². The number of aryl methyl sites for hydroxylation is 1. The molecule has 1 amide bonds. The Hall–Kier alpha value is -1.42. The van der Waals surface area contributed by atoms with Gasteiger partial charge in [-0.3, -0.25) is 4.79 Å². The molecule has 4 heteroatoms. The Labute approximate surface area is 99.9 Å². The second-order valence-electron chi connectivity index (χ2n) is 4.72. The van der Waals surface area contributed by atoms with Crippen molar-refractivity contribution in [1.82, 2.24) is 4.90 Å². The van der Waals surface area contributed by atoms with E-state index in [1.54, 1.807) is 13.0 Å². The summed E-state index contributed by atoms with van der Waals surface area (Å²) >= 11 is 0. The first-order valence-corrected chi connectivity index (χ1v) is 5.73. The number of aliphatic hydroxyl groups is 1. The summed E-state index contributed by atoms with van der Waals surface area (Å²) in [6.07, 6.45) is 0.604. The number of carbonyl (C=O) groups is 1. The molecule has 3 nitrogen and oxygen atoms in total. The van der Waals surface area contributed by atoms with Crippen molar-refractivity contribution >= 4 is 5.91 Å². The number of benzene rings is 1. The second-order valence-corrected chi connectivity index (χ2v) is 4.72. The number of carbonyl (C=O) groups excluding carboxylic acids is 1. The van der Waals surface area contributed by atoms with Gasteiger partial charge in [0.1, 0.15) is 5.82 Å². The van der Waals surface area contributed by atoms with Gasteiger partial charge < -0.3 is 10.0 Å². The Morgan fingerprint density at radius 2 is 2.18 bits per heavy atom. The molecule has 2 rings (SSSR count). The molecular weight excluding hydrogens is 221 g/mol. The fourth-order valence-corrected chi connectivity index (χ4v) is 2.00. The van der Waals surface area contributed by atoms with E-state index >= 15 is 0 Å². The summed E-state index contributed by atoms with van der Waals surface area (Å²) < 4.78 is 13.6. The molecule has 1 aromatic rings. The van der Waals surface area contributed by atoms with Crippen molar-refractivity contribution in [1.29, 1.82) is 0 Å². The minimum absolute atomic E-state index is 0.0775. The summed E-state index contributed by atoms with van der Waals surface area (Å²) in [6, 6.07) is 4.55. The minimum Gasteiger partial charge on any atom is -0.386 e. The van der Waals surface area contributed by atoms with Crippen LogP contribution in [0.15, 0.2) is 18.2 Å². The summed E-state index contributed by atoms with van der Waals surface area (Å²) in [6.45, 7) is 4.22. The van der Waals surface area contributed by atoms with Gasteiger partial charge in [-0.15, -0.1) is 0 Å². The quantitative estimate of drug-likeness (QED) is 0.851. The van der Waals surface area contributed by atoms with Gasteiger partial charge in [-0.05, 0) is 31.0 Å². The predicted molar refractivity (Wildman–Crippen MR) is 62.3 cm³/mol. The van der Waals surface area contributed by atoms with Crippen molar-refractivity contribution < 1.29 is 14.3 Å². The molecule has 1 saturated heterocycles. The second kappa shape index (κ2) is 4.11. The molecule has 1 aliphatic rings. The first kappa shape index (κ1) is 12.0. The van der Waals surface area contributed by atoms with Crippen molar-refractivity contribution in [3.05, 3.63) is 35.1 Å². The Bertz CT molecular complexity index is 453. The Kier molecular flexibility index (Phi) is 2.91. The van der Waals surface area contributed by atoms with Crippen LogP contribution in [0.2, 0.25) is 0 Å². The lowest BCUT2D eigenvalue weighted by Crippen LogP contribution is -2.63. The Morgan fingerprint density at radius 1 is 1.53 bits per heavy atom. The molecule has 0 spiro atoms. The first-order valence-electron chi connectivity index (χ1n) is 5.73. The van der Waals surface area contributed by atoms with E-state index in [4.69, 9.17) is 0 Å². The molecule has 0 saturated carbocycles. The highest BCUT2D eigenvalue weighted by Gasteiger charge is 2.42. The van der Waals surface area contributed by atoms with Crippen LogP contribution in [0.4, 0.5) is 4.39 Å². The summed E-state index contributed by atoms with van der Waals surface area (Å²) in [5.74, 6) is -0.845. The number of hydrogen-bond donors (Lipinski definition) is 1. The Morgan fingerprint density at radius 3 is 2.71 bits per heavy atom. The van der Waals surface area contributed by atoms with E-state index in [1.165, 1.54) is 17.0 Å². The zero-order valence-corrected chi connectivity index (χ0v) is 10.0. The van der Waals surface area contributed by atoms with E-state index < -0.39 is 11.4 Å². The fraction of sp³-hybridized carbons (Fsp3) is 0.462. The molecule has 1 fully saturated rings. The standard InChI is InChI=1S/C13H16FNO2/c1-3-13(17)7-15(8-13)12(16)10-5-4-9(2)6-11(10)14/h4-6,17H,3,7-8H2,1-2H3. The van der Waals surface area contributed by atoms with Crippen LogP contribution in [0.5, 0.6) is 0 Å². The lowest BCUT2D eigenvalue weighted by molar-refractivity contribution is -0.0827. The van der Waals surface area contributed by atoms with Crippen LogP contribution in [0, 0.1) is 12.7 Å². The fourth-order valence-electron chi connectivity index (χ4n) is 2.00. The normalized spacial score (nSPS) is 17.8. The zero-order valence-electron chi connectivity index (χ0n) is 10.0. The lowest BCUT2D eigenvalue weighted by Gasteiger charge is -2.46. The third kappa shape index (κ3) is 2.17.